The minimum absolute atomic E-state index is 0.164. The summed E-state index contributed by atoms with van der Waals surface area (Å²) in [6.07, 6.45) is 0.870. The van der Waals surface area contributed by atoms with Crippen molar-refractivity contribution in [3.63, 3.8) is 0 Å². The molecule has 1 atom stereocenters. The predicted octanol–water partition coefficient (Wildman–Crippen LogP) is 4.68. The number of nitrogens with zero attached hydrogens (tertiary/aromatic N) is 4. The number of amides is 2. The highest BCUT2D eigenvalue weighted by atomic mass is 16.6. The zero-order valence-corrected chi connectivity index (χ0v) is 21.1. The van der Waals surface area contributed by atoms with E-state index >= 15 is 0 Å². The lowest BCUT2D eigenvalue weighted by atomic mass is 10.1. The van der Waals surface area contributed by atoms with Crippen molar-refractivity contribution in [1.82, 2.24) is 20.1 Å². The Labute approximate surface area is 215 Å². The third kappa shape index (κ3) is 6.11. The number of benzene rings is 2. The van der Waals surface area contributed by atoms with Crippen LogP contribution in [0.2, 0.25) is 0 Å². The van der Waals surface area contributed by atoms with Gasteiger partial charge in [0.25, 0.3) is 0 Å². The molecule has 2 aromatic heterocycles. The maximum Gasteiger partial charge on any atom is 0.408 e. The average Bonchev–Trinajstić information content (AvgIpc) is 3.25. The van der Waals surface area contributed by atoms with Gasteiger partial charge in [-0.1, -0.05) is 48.5 Å². The van der Waals surface area contributed by atoms with Crippen molar-refractivity contribution in [3.8, 4) is 11.9 Å². The smallest absolute Gasteiger partial charge is 0.408 e. The van der Waals surface area contributed by atoms with Crippen molar-refractivity contribution in [1.29, 1.82) is 5.26 Å². The number of carbonyl (C=O) groups is 2. The second-order valence-electron chi connectivity index (χ2n) is 9.62. The number of para-hydroxylation sites is 1. The van der Waals surface area contributed by atoms with Gasteiger partial charge in [-0.15, -0.1) is 0 Å². The first-order chi connectivity index (χ1) is 17.6. The highest BCUT2D eigenvalue weighted by molar-refractivity contribution is 5.97. The molecule has 0 saturated carbocycles. The molecule has 0 fully saturated rings. The standard InChI is InChI=1S/C28H28N6O3/c1-18-14-24(31-22-13-9-8-12-21(18)22)34-25(20(16-29)17-30-34)33-26(35)23(15-19-10-6-5-7-11-19)32-27(36)37-28(2,3)4/h5-14,17,23H,15H2,1-4H3,(H,32,36)(H,33,35). The minimum Gasteiger partial charge on any atom is -0.444 e. The Hall–Kier alpha value is -4.71. The second-order valence-corrected chi connectivity index (χ2v) is 9.62. The zero-order chi connectivity index (χ0) is 26.6. The highest BCUT2D eigenvalue weighted by Gasteiger charge is 2.27. The van der Waals surface area contributed by atoms with Crippen molar-refractivity contribution in [2.75, 3.05) is 5.32 Å². The molecule has 1 unspecified atom stereocenters. The largest absolute Gasteiger partial charge is 0.444 e. The summed E-state index contributed by atoms with van der Waals surface area (Å²) in [4.78, 5) is 30.7. The van der Waals surface area contributed by atoms with E-state index in [2.05, 4.69) is 26.8 Å². The molecule has 0 radical (unpaired) electrons. The Morgan fingerprint density at radius 3 is 2.51 bits per heavy atom. The van der Waals surface area contributed by atoms with Crippen molar-refractivity contribution < 1.29 is 14.3 Å². The first-order valence-electron chi connectivity index (χ1n) is 11.8. The molecule has 0 aliphatic rings. The molecular formula is C28H28N6O3. The number of nitrogens with one attached hydrogen (secondary N) is 2. The number of alkyl carbamates (subject to hydrolysis) is 1. The molecule has 0 spiro atoms. The summed E-state index contributed by atoms with van der Waals surface area (Å²) in [5.74, 6) is 0.0944. The van der Waals surface area contributed by atoms with Crippen molar-refractivity contribution in [2.24, 2.45) is 0 Å². The van der Waals surface area contributed by atoms with Crippen LogP contribution in [0.15, 0.2) is 66.9 Å². The van der Waals surface area contributed by atoms with Crippen LogP contribution in [0.1, 0.15) is 37.5 Å². The van der Waals surface area contributed by atoms with E-state index in [1.54, 1.807) is 20.8 Å². The average molecular weight is 497 g/mol. The van der Waals surface area contributed by atoms with Crippen LogP contribution in [0.25, 0.3) is 16.7 Å². The summed E-state index contributed by atoms with van der Waals surface area (Å²) < 4.78 is 6.79. The fourth-order valence-corrected chi connectivity index (χ4v) is 3.88. The molecule has 9 heteroatoms. The van der Waals surface area contributed by atoms with Crippen LogP contribution in [0, 0.1) is 18.3 Å². The Balaban J connectivity index is 1.67. The minimum atomic E-state index is -0.974. The molecule has 0 saturated heterocycles. The van der Waals surface area contributed by atoms with Crippen LogP contribution < -0.4 is 10.6 Å². The zero-order valence-electron chi connectivity index (χ0n) is 21.1. The van der Waals surface area contributed by atoms with Crippen LogP contribution in [-0.2, 0) is 16.0 Å². The van der Waals surface area contributed by atoms with Gasteiger partial charge in [-0.3, -0.25) is 4.79 Å². The lowest BCUT2D eigenvalue weighted by Gasteiger charge is -2.23. The Morgan fingerprint density at radius 1 is 1.11 bits per heavy atom. The van der Waals surface area contributed by atoms with E-state index in [1.807, 2.05) is 67.6 Å². The third-order valence-corrected chi connectivity index (χ3v) is 5.55. The molecule has 9 nitrogen and oxygen atoms in total. The van der Waals surface area contributed by atoms with Crippen molar-refractivity contribution in [2.45, 2.75) is 45.8 Å². The number of rotatable bonds is 6. The molecule has 0 bridgehead atoms. The van der Waals surface area contributed by atoms with E-state index in [0.717, 1.165) is 22.0 Å². The van der Waals surface area contributed by atoms with Gasteiger partial charge >= 0.3 is 6.09 Å². The summed E-state index contributed by atoms with van der Waals surface area (Å²) in [7, 11) is 0. The fourth-order valence-electron chi connectivity index (χ4n) is 3.88. The fraction of sp³-hybridized carbons (Fsp3) is 0.250. The molecule has 37 heavy (non-hydrogen) atoms. The number of carbonyl (C=O) groups excluding carboxylic acids is 2. The Kier molecular flexibility index (Phi) is 7.20. The first-order valence-corrected chi connectivity index (χ1v) is 11.8. The van der Waals surface area contributed by atoms with Crippen molar-refractivity contribution in [3.05, 3.63) is 83.6 Å². The quantitative estimate of drug-likeness (QED) is 0.400. The van der Waals surface area contributed by atoms with E-state index < -0.39 is 23.6 Å². The van der Waals surface area contributed by atoms with E-state index in [9.17, 15) is 14.9 Å². The SMILES string of the molecule is Cc1cc(-n2ncc(C#N)c2NC(=O)C(Cc2ccccc2)NC(=O)OC(C)(C)C)nc2ccccc12. The summed E-state index contributed by atoms with van der Waals surface area (Å²) in [5.41, 5.74) is 2.01. The molecule has 2 aromatic carbocycles. The van der Waals surface area contributed by atoms with Gasteiger partial charge in [0.15, 0.2) is 11.6 Å². The Bertz CT molecular complexity index is 1480. The molecule has 0 aliphatic heterocycles. The summed E-state index contributed by atoms with van der Waals surface area (Å²) >= 11 is 0. The molecule has 2 amide bonds. The van der Waals surface area contributed by atoms with Gasteiger partial charge in [0.05, 0.1) is 11.7 Å². The molecule has 2 N–H and O–H groups in total. The highest BCUT2D eigenvalue weighted by Crippen LogP contribution is 2.24. The van der Waals surface area contributed by atoms with E-state index in [0.29, 0.717) is 5.82 Å². The first kappa shape index (κ1) is 25.4. The topological polar surface area (TPSA) is 122 Å². The van der Waals surface area contributed by atoms with Gasteiger partial charge < -0.3 is 15.4 Å². The maximum atomic E-state index is 13.5. The van der Waals surface area contributed by atoms with Gasteiger partial charge in [-0.2, -0.15) is 15.0 Å². The number of ether oxygens (including phenoxy) is 1. The van der Waals surface area contributed by atoms with Gasteiger partial charge in [0.2, 0.25) is 5.91 Å². The van der Waals surface area contributed by atoms with E-state index in [-0.39, 0.29) is 17.8 Å². The van der Waals surface area contributed by atoms with Crippen molar-refractivity contribution >= 4 is 28.7 Å². The van der Waals surface area contributed by atoms with Crippen LogP contribution in [0.3, 0.4) is 0 Å². The number of fused-ring (bicyclic) bond motifs is 1. The number of hydrogen-bond acceptors (Lipinski definition) is 6. The lowest BCUT2D eigenvalue weighted by molar-refractivity contribution is -0.118. The molecular weight excluding hydrogens is 468 g/mol. The summed E-state index contributed by atoms with van der Waals surface area (Å²) in [6, 6.07) is 19.9. The molecule has 4 aromatic rings. The van der Waals surface area contributed by atoms with E-state index in [1.165, 1.54) is 10.9 Å². The van der Waals surface area contributed by atoms with Crippen LogP contribution >= 0.6 is 0 Å². The van der Waals surface area contributed by atoms with Crippen LogP contribution in [0.4, 0.5) is 10.6 Å². The monoisotopic (exact) mass is 496 g/mol. The summed E-state index contributed by atoms with van der Waals surface area (Å²) in [6.45, 7) is 7.20. The number of anilines is 1. The van der Waals surface area contributed by atoms with Crippen LogP contribution in [-0.4, -0.2) is 38.4 Å². The maximum absolute atomic E-state index is 13.5. The normalized spacial score (nSPS) is 12.0. The molecule has 188 valence electrons. The number of pyridine rings is 1. The van der Waals surface area contributed by atoms with E-state index in [4.69, 9.17) is 4.74 Å². The number of nitriles is 1. The third-order valence-electron chi connectivity index (χ3n) is 5.55. The van der Waals surface area contributed by atoms with Crippen LogP contribution in [0.5, 0.6) is 0 Å². The number of hydrogen-bond donors (Lipinski definition) is 2. The Morgan fingerprint density at radius 2 is 1.81 bits per heavy atom. The van der Waals surface area contributed by atoms with Gasteiger partial charge in [-0.25, -0.2) is 9.78 Å². The van der Waals surface area contributed by atoms with Gasteiger partial charge in [0, 0.05) is 11.8 Å². The summed E-state index contributed by atoms with van der Waals surface area (Å²) in [5, 5.41) is 20.5. The lowest BCUT2D eigenvalue weighted by Crippen LogP contribution is -2.47. The predicted molar refractivity (Wildman–Crippen MR) is 140 cm³/mol. The molecule has 4 rings (SSSR count). The second kappa shape index (κ2) is 10.5. The van der Waals surface area contributed by atoms with Gasteiger partial charge in [-0.05, 0) is 51.0 Å². The number of aryl methyl sites for hydroxylation is 1. The van der Waals surface area contributed by atoms with Gasteiger partial charge in [0.1, 0.15) is 23.3 Å². The number of aromatic nitrogens is 3. The molecule has 2 heterocycles. The molecule has 0 aliphatic carbocycles.